The molecule has 4 rings (SSSR count). The summed E-state index contributed by atoms with van der Waals surface area (Å²) in [6.45, 7) is 9.14. The van der Waals surface area contributed by atoms with E-state index in [0.717, 1.165) is 19.1 Å². The molecule has 1 aliphatic carbocycles. The molecule has 0 amide bonds. The highest BCUT2D eigenvalue weighted by Crippen LogP contribution is 2.29. The maximum Gasteiger partial charge on any atom is 0.0697 e. The molecule has 0 bridgehead atoms. The van der Waals surface area contributed by atoms with Gasteiger partial charge in [0.1, 0.15) is 0 Å². The lowest BCUT2D eigenvalue weighted by molar-refractivity contribution is 0.248. The summed E-state index contributed by atoms with van der Waals surface area (Å²) < 4.78 is 2.04. The average Bonchev–Trinajstić information content (AvgIpc) is 3.26. The first-order valence-electron chi connectivity index (χ1n) is 8.18. The highest BCUT2D eigenvalue weighted by atomic mass is 15.3. The highest BCUT2D eigenvalue weighted by molar-refractivity contribution is 5.60. The van der Waals surface area contributed by atoms with E-state index in [1.54, 1.807) is 0 Å². The van der Waals surface area contributed by atoms with Crippen molar-refractivity contribution in [3.05, 3.63) is 30.1 Å². The fourth-order valence-corrected chi connectivity index (χ4v) is 3.41. The molecule has 2 aliphatic rings. The van der Waals surface area contributed by atoms with Gasteiger partial charge in [0.2, 0.25) is 0 Å². The van der Waals surface area contributed by atoms with Gasteiger partial charge in [-0.25, -0.2) is 4.52 Å². The Balaban J connectivity index is 1.54. The molecule has 4 nitrogen and oxygen atoms in total. The van der Waals surface area contributed by atoms with Crippen molar-refractivity contribution in [2.75, 3.05) is 31.1 Å². The first-order valence-corrected chi connectivity index (χ1v) is 8.18. The second kappa shape index (κ2) is 5.02. The van der Waals surface area contributed by atoms with Crippen LogP contribution in [0.2, 0.25) is 0 Å². The summed E-state index contributed by atoms with van der Waals surface area (Å²) in [4.78, 5) is 5.15. The fourth-order valence-electron chi connectivity index (χ4n) is 3.41. The van der Waals surface area contributed by atoms with Crippen LogP contribution in [0.5, 0.6) is 0 Å². The van der Waals surface area contributed by atoms with Crippen LogP contribution in [0.4, 0.5) is 5.69 Å². The first kappa shape index (κ1) is 13.1. The van der Waals surface area contributed by atoms with Crippen molar-refractivity contribution in [1.82, 2.24) is 14.5 Å². The molecule has 0 atom stereocenters. The van der Waals surface area contributed by atoms with Crippen LogP contribution in [-0.4, -0.2) is 46.7 Å². The second-order valence-corrected chi connectivity index (χ2v) is 6.73. The quantitative estimate of drug-likeness (QED) is 0.866. The van der Waals surface area contributed by atoms with Crippen LogP contribution < -0.4 is 4.90 Å². The summed E-state index contributed by atoms with van der Waals surface area (Å²) >= 11 is 0. The molecule has 4 heteroatoms. The Morgan fingerprint density at radius 2 is 1.86 bits per heavy atom. The second-order valence-electron chi connectivity index (χ2n) is 6.73. The zero-order valence-corrected chi connectivity index (χ0v) is 13.0. The lowest BCUT2D eigenvalue weighted by Crippen LogP contribution is -2.47. The van der Waals surface area contributed by atoms with Crippen molar-refractivity contribution in [2.45, 2.75) is 38.6 Å². The van der Waals surface area contributed by atoms with Gasteiger partial charge in [-0.2, -0.15) is 5.10 Å². The van der Waals surface area contributed by atoms with Crippen LogP contribution in [0, 0.1) is 0 Å². The molecule has 1 aliphatic heterocycles. The van der Waals surface area contributed by atoms with E-state index in [4.69, 9.17) is 0 Å². The number of nitrogens with zero attached hydrogens (tertiary/aromatic N) is 4. The van der Waals surface area contributed by atoms with Gasteiger partial charge in [-0.1, -0.05) is 13.8 Å². The van der Waals surface area contributed by atoms with Gasteiger partial charge in [0.05, 0.1) is 23.6 Å². The number of hydrogen-bond acceptors (Lipinski definition) is 3. The number of anilines is 1. The zero-order chi connectivity index (χ0) is 14.4. The Morgan fingerprint density at radius 3 is 2.52 bits per heavy atom. The Hall–Kier alpha value is -1.55. The van der Waals surface area contributed by atoms with Crippen LogP contribution in [-0.2, 0) is 0 Å². The summed E-state index contributed by atoms with van der Waals surface area (Å²) in [5.41, 5.74) is 3.88. The van der Waals surface area contributed by atoms with E-state index in [-0.39, 0.29) is 0 Å². The topological polar surface area (TPSA) is 23.8 Å². The van der Waals surface area contributed by atoms with Crippen LogP contribution in [0.15, 0.2) is 24.5 Å². The number of rotatable bonds is 3. The molecule has 3 heterocycles. The lowest BCUT2D eigenvalue weighted by atomic mass is 10.1. The van der Waals surface area contributed by atoms with E-state index in [1.807, 2.05) is 10.7 Å². The van der Waals surface area contributed by atoms with Crippen molar-refractivity contribution in [3.63, 3.8) is 0 Å². The minimum absolute atomic E-state index is 0.524. The SMILES string of the molecule is CC(C)c1cnn2cc(N3CCN(C4CC4)CC3)ccc12. The molecular formula is C17H24N4. The van der Waals surface area contributed by atoms with E-state index in [2.05, 4.69) is 47.1 Å². The van der Waals surface area contributed by atoms with Gasteiger partial charge >= 0.3 is 0 Å². The van der Waals surface area contributed by atoms with Gasteiger partial charge in [0.15, 0.2) is 0 Å². The molecule has 0 aromatic carbocycles. The minimum Gasteiger partial charge on any atom is -0.368 e. The van der Waals surface area contributed by atoms with Crippen molar-refractivity contribution >= 4 is 11.2 Å². The lowest BCUT2D eigenvalue weighted by Gasteiger charge is -2.36. The van der Waals surface area contributed by atoms with Gasteiger partial charge in [0, 0.05) is 37.8 Å². The molecule has 2 fully saturated rings. The largest absolute Gasteiger partial charge is 0.368 e. The van der Waals surface area contributed by atoms with Crippen molar-refractivity contribution in [2.24, 2.45) is 0 Å². The Bertz CT molecular complexity index is 633. The summed E-state index contributed by atoms with van der Waals surface area (Å²) in [7, 11) is 0. The summed E-state index contributed by atoms with van der Waals surface area (Å²) in [6, 6.07) is 5.38. The monoisotopic (exact) mass is 284 g/mol. The van der Waals surface area contributed by atoms with Crippen LogP contribution in [0.1, 0.15) is 38.2 Å². The molecule has 0 N–H and O–H groups in total. The third kappa shape index (κ3) is 2.42. The van der Waals surface area contributed by atoms with Crippen molar-refractivity contribution < 1.29 is 0 Å². The molecule has 112 valence electrons. The number of aromatic nitrogens is 2. The minimum atomic E-state index is 0.524. The molecule has 0 spiro atoms. The maximum atomic E-state index is 4.53. The predicted molar refractivity (Wildman–Crippen MR) is 86.1 cm³/mol. The van der Waals surface area contributed by atoms with E-state index >= 15 is 0 Å². The molecule has 1 saturated carbocycles. The highest BCUT2D eigenvalue weighted by Gasteiger charge is 2.31. The zero-order valence-electron chi connectivity index (χ0n) is 13.0. The smallest absolute Gasteiger partial charge is 0.0697 e. The summed E-state index contributed by atoms with van der Waals surface area (Å²) in [6.07, 6.45) is 7.03. The molecular weight excluding hydrogens is 260 g/mol. The first-order chi connectivity index (χ1) is 10.2. The van der Waals surface area contributed by atoms with Gasteiger partial charge in [0.25, 0.3) is 0 Å². The third-order valence-corrected chi connectivity index (χ3v) is 4.90. The molecule has 0 radical (unpaired) electrons. The number of pyridine rings is 1. The fraction of sp³-hybridized carbons (Fsp3) is 0.588. The van der Waals surface area contributed by atoms with Crippen LogP contribution in [0.25, 0.3) is 5.52 Å². The third-order valence-electron chi connectivity index (χ3n) is 4.90. The van der Waals surface area contributed by atoms with Gasteiger partial charge < -0.3 is 4.90 Å². The Kier molecular flexibility index (Phi) is 3.14. The Labute approximate surface area is 126 Å². The summed E-state index contributed by atoms with van der Waals surface area (Å²) in [5.74, 6) is 0.524. The van der Waals surface area contributed by atoms with Crippen molar-refractivity contribution in [1.29, 1.82) is 0 Å². The van der Waals surface area contributed by atoms with Crippen LogP contribution >= 0.6 is 0 Å². The van der Waals surface area contributed by atoms with E-state index < -0.39 is 0 Å². The molecule has 0 unspecified atom stereocenters. The van der Waals surface area contributed by atoms with Crippen molar-refractivity contribution in [3.8, 4) is 0 Å². The molecule has 1 saturated heterocycles. The van der Waals surface area contributed by atoms with E-state index in [9.17, 15) is 0 Å². The van der Waals surface area contributed by atoms with Crippen LogP contribution in [0.3, 0.4) is 0 Å². The number of piperazine rings is 1. The molecule has 2 aromatic rings. The van der Waals surface area contributed by atoms with Gasteiger partial charge in [-0.3, -0.25) is 4.90 Å². The maximum absolute atomic E-state index is 4.53. The van der Waals surface area contributed by atoms with Gasteiger partial charge in [-0.05, 0) is 30.9 Å². The molecule has 2 aromatic heterocycles. The van der Waals surface area contributed by atoms with E-state index in [1.165, 1.54) is 42.7 Å². The van der Waals surface area contributed by atoms with Gasteiger partial charge in [-0.15, -0.1) is 0 Å². The number of fused-ring (bicyclic) bond motifs is 1. The number of hydrogen-bond donors (Lipinski definition) is 0. The standard InChI is InChI=1S/C17H24N4/c1-13(2)16-11-18-21-12-15(5-6-17(16)21)20-9-7-19(8-10-20)14-3-4-14/h5-6,11-14H,3-4,7-10H2,1-2H3. The predicted octanol–water partition coefficient (Wildman–Crippen LogP) is 2.74. The average molecular weight is 284 g/mol. The normalized spacial score (nSPS) is 20.6. The summed E-state index contributed by atoms with van der Waals surface area (Å²) in [5, 5.41) is 4.53. The van der Waals surface area contributed by atoms with E-state index in [0.29, 0.717) is 5.92 Å². The molecule has 21 heavy (non-hydrogen) atoms. The Morgan fingerprint density at radius 1 is 1.10 bits per heavy atom.